The molecule has 0 atom stereocenters. The third kappa shape index (κ3) is 4.44. The molecule has 0 aliphatic carbocycles. The minimum absolute atomic E-state index is 0.367. The van der Waals surface area contributed by atoms with Gasteiger partial charge in [-0.25, -0.2) is 14.8 Å². The van der Waals surface area contributed by atoms with Crippen LogP contribution in [0.1, 0.15) is 30.1 Å². The van der Waals surface area contributed by atoms with Crippen LogP contribution in [0.3, 0.4) is 0 Å². The molecule has 0 bridgehead atoms. The minimum atomic E-state index is -0.367. The monoisotopic (exact) mass is 300 g/mol. The van der Waals surface area contributed by atoms with Gasteiger partial charge in [0.25, 0.3) is 0 Å². The topological polar surface area (TPSA) is 76.1 Å². The van der Waals surface area contributed by atoms with Gasteiger partial charge in [0, 0.05) is 18.3 Å². The van der Waals surface area contributed by atoms with Gasteiger partial charge < -0.3 is 15.4 Å². The fourth-order valence-corrected chi connectivity index (χ4v) is 1.91. The van der Waals surface area contributed by atoms with E-state index in [0.717, 1.165) is 30.9 Å². The maximum Gasteiger partial charge on any atom is 0.337 e. The molecule has 2 N–H and O–H groups in total. The Hall–Kier alpha value is -2.63. The molecule has 0 spiro atoms. The number of hydrogen-bond donors (Lipinski definition) is 2. The highest BCUT2D eigenvalue weighted by Gasteiger charge is 2.06. The van der Waals surface area contributed by atoms with Crippen LogP contribution in [-0.2, 0) is 4.74 Å². The van der Waals surface area contributed by atoms with Crippen molar-refractivity contribution in [2.45, 2.75) is 19.8 Å². The van der Waals surface area contributed by atoms with Crippen LogP contribution in [0.2, 0.25) is 0 Å². The molecule has 0 saturated carbocycles. The summed E-state index contributed by atoms with van der Waals surface area (Å²) < 4.78 is 4.71. The standard InChI is InChI=1S/C16H20N4O2/c1-3-4-8-17-14-10-15(19-11-18-14)20-13-7-5-6-12(9-13)16(21)22-2/h5-7,9-11H,3-4,8H2,1-2H3,(H2,17,18,19,20). The fourth-order valence-electron chi connectivity index (χ4n) is 1.91. The van der Waals surface area contributed by atoms with Crippen LogP contribution in [0, 0.1) is 0 Å². The highest BCUT2D eigenvalue weighted by atomic mass is 16.5. The average molecular weight is 300 g/mol. The van der Waals surface area contributed by atoms with Crippen LogP contribution >= 0.6 is 0 Å². The smallest absolute Gasteiger partial charge is 0.337 e. The second kappa shape index (κ2) is 7.97. The highest BCUT2D eigenvalue weighted by Crippen LogP contribution is 2.18. The zero-order valence-electron chi connectivity index (χ0n) is 12.8. The molecule has 0 fully saturated rings. The van der Waals surface area contributed by atoms with Crippen LogP contribution in [-0.4, -0.2) is 29.6 Å². The summed E-state index contributed by atoms with van der Waals surface area (Å²) in [6.07, 6.45) is 3.72. The van der Waals surface area contributed by atoms with Crippen LogP contribution in [0.15, 0.2) is 36.7 Å². The molecule has 2 aromatic rings. The third-order valence-corrected chi connectivity index (χ3v) is 3.06. The molecule has 116 valence electrons. The van der Waals surface area contributed by atoms with E-state index >= 15 is 0 Å². The number of carbonyl (C=O) groups is 1. The third-order valence-electron chi connectivity index (χ3n) is 3.06. The van der Waals surface area contributed by atoms with Gasteiger partial charge in [0.15, 0.2) is 0 Å². The number of anilines is 3. The van der Waals surface area contributed by atoms with Crippen molar-refractivity contribution in [3.63, 3.8) is 0 Å². The average Bonchev–Trinajstić information content (AvgIpc) is 2.55. The summed E-state index contributed by atoms with van der Waals surface area (Å²) in [4.78, 5) is 19.9. The van der Waals surface area contributed by atoms with Gasteiger partial charge in [-0.3, -0.25) is 0 Å². The number of nitrogens with zero attached hydrogens (tertiary/aromatic N) is 2. The van der Waals surface area contributed by atoms with Gasteiger partial charge in [0.2, 0.25) is 0 Å². The number of rotatable bonds is 7. The van der Waals surface area contributed by atoms with E-state index in [2.05, 4.69) is 27.5 Å². The maximum atomic E-state index is 11.5. The summed E-state index contributed by atoms with van der Waals surface area (Å²) in [7, 11) is 1.36. The normalized spacial score (nSPS) is 10.1. The molecule has 2 rings (SSSR count). The molecule has 1 heterocycles. The van der Waals surface area contributed by atoms with Crippen molar-refractivity contribution in [2.24, 2.45) is 0 Å². The van der Waals surface area contributed by atoms with Crippen molar-refractivity contribution in [2.75, 3.05) is 24.3 Å². The number of benzene rings is 1. The van der Waals surface area contributed by atoms with Crippen molar-refractivity contribution >= 4 is 23.3 Å². The summed E-state index contributed by atoms with van der Waals surface area (Å²) in [5, 5.41) is 6.40. The number of hydrogen-bond acceptors (Lipinski definition) is 6. The Bertz CT molecular complexity index is 631. The van der Waals surface area contributed by atoms with Crippen LogP contribution in [0.25, 0.3) is 0 Å². The number of esters is 1. The van der Waals surface area contributed by atoms with E-state index in [9.17, 15) is 4.79 Å². The van der Waals surface area contributed by atoms with Crippen molar-refractivity contribution in [3.05, 3.63) is 42.2 Å². The second-order valence-corrected chi connectivity index (χ2v) is 4.77. The summed E-state index contributed by atoms with van der Waals surface area (Å²) in [6.45, 7) is 3.02. The first kappa shape index (κ1) is 15.8. The molecule has 0 radical (unpaired) electrons. The van der Waals surface area contributed by atoms with Crippen LogP contribution in [0.5, 0.6) is 0 Å². The van der Waals surface area contributed by atoms with E-state index in [1.165, 1.54) is 13.4 Å². The molecule has 6 nitrogen and oxygen atoms in total. The van der Waals surface area contributed by atoms with Crippen LogP contribution in [0.4, 0.5) is 17.3 Å². The predicted octanol–water partition coefficient (Wildman–Crippen LogP) is 3.22. The van der Waals surface area contributed by atoms with Crippen LogP contribution < -0.4 is 10.6 Å². The van der Waals surface area contributed by atoms with Gasteiger partial charge in [-0.05, 0) is 24.6 Å². The Labute approximate surface area is 129 Å². The summed E-state index contributed by atoms with van der Waals surface area (Å²) in [6, 6.07) is 8.91. The fraction of sp³-hybridized carbons (Fsp3) is 0.312. The number of methoxy groups -OCH3 is 1. The molecule has 0 aliphatic rings. The van der Waals surface area contributed by atoms with Crippen molar-refractivity contribution in [1.82, 2.24) is 9.97 Å². The van der Waals surface area contributed by atoms with E-state index in [-0.39, 0.29) is 5.97 Å². The lowest BCUT2D eigenvalue weighted by atomic mass is 10.2. The van der Waals surface area contributed by atoms with Gasteiger partial charge in [-0.15, -0.1) is 0 Å². The van der Waals surface area contributed by atoms with Gasteiger partial charge >= 0.3 is 5.97 Å². The maximum absolute atomic E-state index is 11.5. The Morgan fingerprint density at radius 1 is 1.23 bits per heavy atom. The quantitative estimate of drug-likeness (QED) is 0.604. The molecular formula is C16H20N4O2. The summed E-state index contributed by atoms with van der Waals surface area (Å²) in [5.74, 6) is 1.07. The molecule has 6 heteroatoms. The molecule has 0 saturated heterocycles. The second-order valence-electron chi connectivity index (χ2n) is 4.77. The molecule has 0 aliphatic heterocycles. The van der Waals surface area contributed by atoms with Crippen molar-refractivity contribution in [1.29, 1.82) is 0 Å². The summed E-state index contributed by atoms with van der Waals surface area (Å²) in [5.41, 5.74) is 1.25. The zero-order valence-corrected chi connectivity index (χ0v) is 12.8. The van der Waals surface area contributed by atoms with Crippen molar-refractivity contribution in [3.8, 4) is 0 Å². The van der Waals surface area contributed by atoms with Crippen molar-refractivity contribution < 1.29 is 9.53 Å². The minimum Gasteiger partial charge on any atom is -0.465 e. The lowest BCUT2D eigenvalue weighted by molar-refractivity contribution is 0.0601. The lowest BCUT2D eigenvalue weighted by Gasteiger charge is -2.09. The largest absolute Gasteiger partial charge is 0.465 e. The highest BCUT2D eigenvalue weighted by molar-refractivity contribution is 5.90. The Balaban J connectivity index is 2.07. The molecule has 0 amide bonds. The van der Waals surface area contributed by atoms with Gasteiger partial charge in [0.1, 0.15) is 18.0 Å². The molecular weight excluding hydrogens is 280 g/mol. The van der Waals surface area contributed by atoms with E-state index in [1.54, 1.807) is 18.2 Å². The number of unbranched alkanes of at least 4 members (excludes halogenated alkanes) is 1. The lowest BCUT2D eigenvalue weighted by Crippen LogP contribution is -2.05. The zero-order chi connectivity index (χ0) is 15.8. The Kier molecular flexibility index (Phi) is 5.71. The van der Waals surface area contributed by atoms with Gasteiger partial charge in [-0.1, -0.05) is 19.4 Å². The van der Waals surface area contributed by atoms with E-state index < -0.39 is 0 Å². The predicted molar refractivity (Wildman–Crippen MR) is 86.5 cm³/mol. The number of aromatic nitrogens is 2. The molecule has 22 heavy (non-hydrogen) atoms. The van der Waals surface area contributed by atoms with E-state index in [1.807, 2.05) is 12.1 Å². The first-order valence-electron chi connectivity index (χ1n) is 7.24. The van der Waals surface area contributed by atoms with Gasteiger partial charge in [-0.2, -0.15) is 0 Å². The first-order valence-corrected chi connectivity index (χ1v) is 7.24. The van der Waals surface area contributed by atoms with Gasteiger partial charge in [0.05, 0.1) is 12.7 Å². The summed E-state index contributed by atoms with van der Waals surface area (Å²) >= 11 is 0. The molecule has 0 unspecified atom stereocenters. The first-order chi connectivity index (χ1) is 10.7. The molecule has 1 aromatic heterocycles. The van der Waals surface area contributed by atoms with E-state index in [0.29, 0.717) is 11.4 Å². The Morgan fingerprint density at radius 2 is 2.05 bits per heavy atom. The Morgan fingerprint density at radius 3 is 2.82 bits per heavy atom. The number of nitrogens with one attached hydrogen (secondary N) is 2. The SMILES string of the molecule is CCCCNc1cc(Nc2cccc(C(=O)OC)c2)ncn1. The number of ether oxygens (including phenoxy) is 1. The molecule has 1 aromatic carbocycles. The number of carbonyl (C=O) groups excluding carboxylic acids is 1. The van der Waals surface area contributed by atoms with E-state index in [4.69, 9.17) is 4.74 Å².